The van der Waals surface area contributed by atoms with Gasteiger partial charge in [-0.05, 0) is 34.8 Å². The lowest BCUT2D eigenvalue weighted by atomic mass is 10.1. The number of nitrogens with one attached hydrogen (secondary N) is 1. The molecular weight excluding hydrogens is 424 g/mol. The Morgan fingerprint density at radius 1 is 1.03 bits per heavy atom. The minimum atomic E-state index is -3.82. The summed E-state index contributed by atoms with van der Waals surface area (Å²) >= 11 is 0. The van der Waals surface area contributed by atoms with Gasteiger partial charge in [0.25, 0.3) is 0 Å². The van der Waals surface area contributed by atoms with E-state index in [0.717, 1.165) is 0 Å². The second kappa shape index (κ2) is 11.8. The lowest BCUT2D eigenvalue weighted by Crippen LogP contribution is -2.42. The molecule has 0 saturated heterocycles. The predicted octanol–water partition coefficient (Wildman–Crippen LogP) is 0.776. The minimum absolute atomic E-state index is 0.00398. The number of ether oxygens (including phenoxy) is 1. The average molecular weight is 451 g/mol. The molecule has 10 nitrogen and oxygen atoms in total. The second-order valence-electron chi connectivity index (χ2n) is 6.65. The first kappa shape index (κ1) is 24.0. The van der Waals surface area contributed by atoms with Crippen LogP contribution in [0.15, 0.2) is 59.8 Å². The van der Waals surface area contributed by atoms with Gasteiger partial charge >= 0.3 is 5.97 Å². The first-order chi connectivity index (χ1) is 14.7. The lowest BCUT2D eigenvalue weighted by Gasteiger charge is -2.15. The number of carboxylic acids is 1. The summed E-state index contributed by atoms with van der Waals surface area (Å²) in [6, 6.07) is 14.0. The van der Waals surface area contributed by atoms with E-state index >= 15 is 0 Å². The van der Waals surface area contributed by atoms with E-state index < -0.39 is 22.0 Å². The van der Waals surface area contributed by atoms with Crippen LogP contribution in [-0.2, 0) is 31.8 Å². The third kappa shape index (κ3) is 9.36. The average Bonchev–Trinajstić information content (AvgIpc) is 2.71. The van der Waals surface area contributed by atoms with Gasteiger partial charge in [-0.1, -0.05) is 42.5 Å². The van der Waals surface area contributed by atoms with Gasteiger partial charge in [0, 0.05) is 6.42 Å². The van der Waals surface area contributed by atoms with E-state index in [-0.39, 0.29) is 18.1 Å². The molecule has 2 aromatic carbocycles. The third-order valence-corrected chi connectivity index (χ3v) is 5.36. The summed E-state index contributed by atoms with van der Waals surface area (Å²) in [6.07, 6.45) is 0.554. The quantitative estimate of drug-likeness (QED) is 0.150. The molecule has 2 rings (SSSR count). The van der Waals surface area contributed by atoms with Gasteiger partial charge in [-0.25, -0.2) is 13.1 Å². The molecule has 0 aromatic heterocycles. The highest BCUT2D eigenvalue weighted by Crippen LogP contribution is 2.15. The summed E-state index contributed by atoms with van der Waals surface area (Å²) in [6.45, 7) is 0.662. The van der Waals surface area contributed by atoms with Crippen molar-refractivity contribution < 1.29 is 27.9 Å². The summed E-state index contributed by atoms with van der Waals surface area (Å²) in [5.41, 5.74) is 11.5. The Balaban J connectivity index is 1.87. The van der Waals surface area contributed by atoms with Crippen LogP contribution in [0.5, 0.6) is 5.75 Å². The third-order valence-electron chi connectivity index (χ3n) is 4.00. The SMILES string of the molecule is NC(N)=NOCCCOc1ccc(CC(NS(=O)(=O)Cc2ccccc2)C(=O)O)cc1. The highest BCUT2D eigenvalue weighted by molar-refractivity contribution is 7.88. The van der Waals surface area contributed by atoms with Crippen molar-refractivity contribution in [2.75, 3.05) is 13.2 Å². The number of carboxylic acid groups (broad SMARTS) is 1. The summed E-state index contributed by atoms with van der Waals surface area (Å²) in [7, 11) is -3.82. The first-order valence-electron chi connectivity index (χ1n) is 9.44. The number of hydrogen-bond acceptors (Lipinski definition) is 6. The molecule has 0 heterocycles. The number of carbonyl (C=O) groups is 1. The maximum Gasteiger partial charge on any atom is 0.322 e. The monoisotopic (exact) mass is 450 g/mol. The van der Waals surface area contributed by atoms with Gasteiger partial charge in [0.15, 0.2) is 0 Å². The van der Waals surface area contributed by atoms with E-state index in [4.69, 9.17) is 21.0 Å². The van der Waals surface area contributed by atoms with Crippen LogP contribution in [-0.4, -0.2) is 44.7 Å². The molecule has 0 fully saturated rings. The van der Waals surface area contributed by atoms with E-state index in [9.17, 15) is 18.3 Å². The number of nitrogens with zero attached hydrogens (tertiary/aromatic N) is 1. The number of benzene rings is 2. The Morgan fingerprint density at radius 2 is 1.71 bits per heavy atom. The number of sulfonamides is 1. The maximum atomic E-state index is 12.4. The molecule has 0 spiro atoms. The molecule has 2 aromatic rings. The van der Waals surface area contributed by atoms with Crippen molar-refractivity contribution in [3.8, 4) is 5.75 Å². The molecule has 1 unspecified atom stereocenters. The van der Waals surface area contributed by atoms with E-state index in [2.05, 4.69) is 9.88 Å². The number of guanidine groups is 1. The van der Waals surface area contributed by atoms with Crippen LogP contribution in [0, 0.1) is 0 Å². The van der Waals surface area contributed by atoms with Crippen molar-refractivity contribution in [1.82, 2.24) is 4.72 Å². The Bertz CT molecular complexity index is 961. The lowest BCUT2D eigenvalue weighted by molar-refractivity contribution is -0.138. The highest BCUT2D eigenvalue weighted by atomic mass is 32.2. The minimum Gasteiger partial charge on any atom is -0.493 e. The molecule has 168 valence electrons. The largest absolute Gasteiger partial charge is 0.493 e. The van der Waals surface area contributed by atoms with Crippen molar-refractivity contribution in [2.24, 2.45) is 16.6 Å². The molecule has 0 aliphatic carbocycles. The fourth-order valence-corrected chi connectivity index (χ4v) is 3.95. The van der Waals surface area contributed by atoms with Crippen LogP contribution in [0.3, 0.4) is 0 Å². The topological polar surface area (TPSA) is 166 Å². The fourth-order valence-electron chi connectivity index (χ4n) is 2.62. The molecule has 0 bridgehead atoms. The second-order valence-corrected chi connectivity index (χ2v) is 8.41. The fraction of sp³-hybridized carbons (Fsp3) is 0.300. The summed E-state index contributed by atoms with van der Waals surface area (Å²) in [5.74, 6) is -1.12. The van der Waals surface area contributed by atoms with Gasteiger partial charge < -0.3 is 26.1 Å². The summed E-state index contributed by atoms with van der Waals surface area (Å²) in [5, 5.41) is 12.8. The van der Waals surface area contributed by atoms with E-state index in [1.165, 1.54) is 0 Å². The van der Waals surface area contributed by atoms with Gasteiger partial charge in [0.2, 0.25) is 16.0 Å². The molecule has 6 N–H and O–H groups in total. The number of rotatable bonds is 13. The summed E-state index contributed by atoms with van der Waals surface area (Å²) in [4.78, 5) is 16.4. The highest BCUT2D eigenvalue weighted by Gasteiger charge is 2.24. The number of nitrogens with two attached hydrogens (primary N) is 2. The predicted molar refractivity (Wildman–Crippen MR) is 116 cm³/mol. The molecule has 1 atom stereocenters. The summed E-state index contributed by atoms with van der Waals surface area (Å²) < 4.78 is 32.5. The maximum absolute atomic E-state index is 12.4. The number of oxime groups is 1. The van der Waals surface area contributed by atoms with Crippen molar-refractivity contribution in [2.45, 2.75) is 24.6 Å². The van der Waals surface area contributed by atoms with Crippen LogP contribution in [0.1, 0.15) is 17.5 Å². The zero-order chi connectivity index (χ0) is 22.7. The molecule has 0 amide bonds. The Kier molecular flexibility index (Phi) is 9.10. The van der Waals surface area contributed by atoms with Gasteiger partial charge in [-0.2, -0.15) is 0 Å². The van der Waals surface area contributed by atoms with Gasteiger partial charge in [-0.15, -0.1) is 0 Å². The van der Waals surface area contributed by atoms with E-state index in [1.54, 1.807) is 54.6 Å². The molecule has 31 heavy (non-hydrogen) atoms. The molecule has 0 saturated carbocycles. The zero-order valence-corrected chi connectivity index (χ0v) is 17.6. The molecular formula is C20H26N4O6S. The standard InChI is InChI=1S/C20H26N4O6S/c21-20(22)23-30-12-4-11-29-17-9-7-15(8-10-17)13-18(19(25)26)24-31(27,28)14-16-5-2-1-3-6-16/h1-3,5-10,18,24H,4,11-14H2,(H,25,26)(H4,21,22,23). The first-order valence-corrected chi connectivity index (χ1v) is 11.1. The Morgan fingerprint density at radius 3 is 2.32 bits per heavy atom. The van der Waals surface area contributed by atoms with Crippen molar-refractivity contribution in [3.63, 3.8) is 0 Å². The van der Waals surface area contributed by atoms with Crippen LogP contribution in [0.25, 0.3) is 0 Å². The van der Waals surface area contributed by atoms with Crippen LogP contribution in [0.4, 0.5) is 0 Å². The van der Waals surface area contributed by atoms with E-state index in [1.807, 2.05) is 0 Å². The van der Waals surface area contributed by atoms with Gasteiger partial charge in [0.05, 0.1) is 12.4 Å². The number of aliphatic carboxylic acids is 1. The number of hydrogen-bond donors (Lipinski definition) is 4. The van der Waals surface area contributed by atoms with Gasteiger partial charge in [0.1, 0.15) is 18.4 Å². The molecule has 0 radical (unpaired) electrons. The Hall–Kier alpha value is -3.31. The van der Waals surface area contributed by atoms with Crippen molar-refractivity contribution in [3.05, 3.63) is 65.7 Å². The smallest absolute Gasteiger partial charge is 0.322 e. The van der Waals surface area contributed by atoms with Crippen molar-refractivity contribution in [1.29, 1.82) is 0 Å². The molecule has 11 heteroatoms. The van der Waals surface area contributed by atoms with Crippen molar-refractivity contribution >= 4 is 22.0 Å². The normalized spacial score (nSPS) is 12.0. The van der Waals surface area contributed by atoms with E-state index in [0.29, 0.717) is 36.5 Å². The molecule has 0 aliphatic rings. The van der Waals surface area contributed by atoms with Crippen LogP contribution in [0.2, 0.25) is 0 Å². The van der Waals surface area contributed by atoms with Gasteiger partial charge in [-0.3, -0.25) is 4.79 Å². The molecule has 0 aliphatic heterocycles. The Labute approximate surface area is 180 Å². The van der Waals surface area contributed by atoms with Crippen LogP contribution < -0.4 is 20.9 Å². The van der Waals surface area contributed by atoms with Crippen LogP contribution >= 0.6 is 0 Å². The zero-order valence-electron chi connectivity index (χ0n) is 16.8.